The van der Waals surface area contributed by atoms with Crippen molar-refractivity contribution < 1.29 is 24.2 Å². The number of carbonyl (C=O) groups excluding carboxylic acids is 1. The van der Waals surface area contributed by atoms with Gasteiger partial charge in [-0.3, -0.25) is 4.79 Å². The standard InChI is InChI=1S/C14H19NO5/c1-10-5-3-6-11(14(17)18)13(10)20-9-12(16)15-7-4-8-19-2/h3,5-6H,4,7-9H2,1-2H3,(H,15,16)(H,17,18). The molecule has 6 nitrogen and oxygen atoms in total. The first-order valence-electron chi connectivity index (χ1n) is 6.27. The van der Waals surface area contributed by atoms with Gasteiger partial charge >= 0.3 is 5.97 Å². The smallest absolute Gasteiger partial charge is 0.339 e. The number of carboxylic acid groups (broad SMARTS) is 1. The molecule has 20 heavy (non-hydrogen) atoms. The van der Waals surface area contributed by atoms with Gasteiger partial charge in [0, 0.05) is 20.3 Å². The van der Waals surface area contributed by atoms with E-state index in [0.717, 1.165) is 0 Å². The van der Waals surface area contributed by atoms with Gasteiger partial charge in [0.25, 0.3) is 5.91 Å². The average molecular weight is 281 g/mol. The van der Waals surface area contributed by atoms with E-state index in [1.54, 1.807) is 26.2 Å². The van der Waals surface area contributed by atoms with Crippen LogP contribution in [-0.2, 0) is 9.53 Å². The largest absolute Gasteiger partial charge is 0.483 e. The van der Waals surface area contributed by atoms with Gasteiger partial charge in [-0.25, -0.2) is 4.79 Å². The molecule has 0 atom stereocenters. The molecule has 0 bridgehead atoms. The Kier molecular flexibility index (Phi) is 6.52. The van der Waals surface area contributed by atoms with Crippen LogP contribution in [0.1, 0.15) is 22.3 Å². The number of aryl methyl sites for hydroxylation is 1. The maximum absolute atomic E-state index is 11.5. The number of nitrogens with one attached hydrogen (secondary N) is 1. The van der Waals surface area contributed by atoms with E-state index in [0.29, 0.717) is 25.1 Å². The van der Waals surface area contributed by atoms with Crippen LogP contribution >= 0.6 is 0 Å². The fourth-order valence-corrected chi connectivity index (χ4v) is 1.65. The van der Waals surface area contributed by atoms with Crippen molar-refractivity contribution in [3.05, 3.63) is 29.3 Å². The molecular formula is C14H19NO5. The zero-order valence-corrected chi connectivity index (χ0v) is 11.6. The number of aromatic carboxylic acids is 1. The second-order valence-electron chi connectivity index (χ2n) is 4.24. The molecule has 1 amide bonds. The van der Waals surface area contributed by atoms with Crippen molar-refractivity contribution in [2.75, 3.05) is 26.9 Å². The van der Waals surface area contributed by atoms with Crippen molar-refractivity contribution in [2.45, 2.75) is 13.3 Å². The third-order valence-corrected chi connectivity index (χ3v) is 2.64. The van der Waals surface area contributed by atoms with E-state index >= 15 is 0 Å². The number of carbonyl (C=O) groups is 2. The quantitative estimate of drug-likeness (QED) is 0.700. The Hall–Kier alpha value is -2.08. The van der Waals surface area contributed by atoms with E-state index in [1.165, 1.54) is 6.07 Å². The molecule has 0 unspecified atom stereocenters. The highest BCUT2D eigenvalue weighted by Crippen LogP contribution is 2.23. The number of para-hydroxylation sites is 1. The Morgan fingerprint density at radius 2 is 2.10 bits per heavy atom. The first-order valence-corrected chi connectivity index (χ1v) is 6.27. The highest BCUT2D eigenvalue weighted by atomic mass is 16.5. The second-order valence-corrected chi connectivity index (χ2v) is 4.24. The molecule has 0 heterocycles. The molecule has 1 rings (SSSR count). The number of carboxylic acids is 1. The summed E-state index contributed by atoms with van der Waals surface area (Å²) in [6.07, 6.45) is 0.715. The van der Waals surface area contributed by atoms with Gasteiger partial charge in [-0.05, 0) is 25.0 Å². The number of hydrogen-bond acceptors (Lipinski definition) is 4. The summed E-state index contributed by atoms with van der Waals surface area (Å²) < 4.78 is 10.2. The van der Waals surface area contributed by atoms with E-state index < -0.39 is 5.97 Å². The van der Waals surface area contributed by atoms with E-state index in [9.17, 15) is 9.59 Å². The minimum absolute atomic E-state index is 0.0529. The van der Waals surface area contributed by atoms with Crippen LogP contribution in [0.15, 0.2) is 18.2 Å². The molecular weight excluding hydrogens is 262 g/mol. The van der Waals surface area contributed by atoms with Crippen molar-refractivity contribution in [1.29, 1.82) is 0 Å². The molecule has 0 fully saturated rings. The Bertz CT molecular complexity index is 473. The van der Waals surface area contributed by atoms with Crippen molar-refractivity contribution in [3.63, 3.8) is 0 Å². The molecule has 1 aromatic carbocycles. The summed E-state index contributed by atoms with van der Waals surface area (Å²) in [7, 11) is 1.59. The number of rotatable bonds is 8. The van der Waals surface area contributed by atoms with E-state index in [-0.39, 0.29) is 23.8 Å². The number of amides is 1. The number of hydrogen-bond donors (Lipinski definition) is 2. The van der Waals surface area contributed by atoms with Gasteiger partial charge in [0.15, 0.2) is 6.61 Å². The molecule has 0 aliphatic carbocycles. The summed E-state index contributed by atoms with van der Waals surface area (Å²) in [5.74, 6) is -1.14. The zero-order valence-electron chi connectivity index (χ0n) is 11.6. The van der Waals surface area contributed by atoms with Crippen LogP contribution in [0.25, 0.3) is 0 Å². The van der Waals surface area contributed by atoms with Gasteiger partial charge in [0.05, 0.1) is 0 Å². The summed E-state index contributed by atoms with van der Waals surface area (Å²) in [6, 6.07) is 4.82. The van der Waals surface area contributed by atoms with E-state index in [1.807, 2.05) is 0 Å². The predicted octanol–water partition coefficient (Wildman–Crippen LogP) is 1.22. The lowest BCUT2D eigenvalue weighted by atomic mass is 10.1. The molecule has 0 spiro atoms. The molecule has 0 radical (unpaired) electrons. The van der Waals surface area contributed by atoms with Crippen LogP contribution in [0.3, 0.4) is 0 Å². The maximum atomic E-state index is 11.5. The zero-order chi connectivity index (χ0) is 15.0. The summed E-state index contributed by atoms with van der Waals surface area (Å²) in [4.78, 5) is 22.6. The lowest BCUT2D eigenvalue weighted by molar-refractivity contribution is -0.123. The van der Waals surface area contributed by atoms with Crippen LogP contribution in [0.5, 0.6) is 5.75 Å². The minimum atomic E-state index is -1.08. The molecule has 1 aromatic rings. The number of methoxy groups -OCH3 is 1. The molecule has 0 aromatic heterocycles. The third-order valence-electron chi connectivity index (χ3n) is 2.64. The van der Waals surface area contributed by atoms with Crippen molar-refractivity contribution in [1.82, 2.24) is 5.32 Å². The van der Waals surface area contributed by atoms with Crippen molar-refractivity contribution >= 4 is 11.9 Å². The molecule has 6 heteroatoms. The number of ether oxygens (including phenoxy) is 2. The fraction of sp³-hybridized carbons (Fsp3) is 0.429. The summed E-state index contributed by atoms with van der Waals surface area (Å²) >= 11 is 0. The lowest BCUT2D eigenvalue weighted by Gasteiger charge is -2.11. The molecule has 0 aliphatic heterocycles. The van der Waals surface area contributed by atoms with Crippen LogP contribution in [0.4, 0.5) is 0 Å². The van der Waals surface area contributed by atoms with Gasteiger partial charge in [-0.1, -0.05) is 12.1 Å². The monoisotopic (exact) mass is 281 g/mol. The van der Waals surface area contributed by atoms with Crippen molar-refractivity contribution in [3.8, 4) is 5.75 Å². The topological polar surface area (TPSA) is 84.9 Å². The SMILES string of the molecule is COCCCNC(=O)COc1c(C)cccc1C(=O)O. The Morgan fingerprint density at radius 3 is 2.75 bits per heavy atom. The van der Waals surface area contributed by atoms with Gasteiger partial charge in [0.2, 0.25) is 0 Å². The molecule has 0 saturated carbocycles. The molecule has 0 aliphatic rings. The molecule has 0 saturated heterocycles. The van der Waals surface area contributed by atoms with Gasteiger partial charge in [-0.2, -0.15) is 0 Å². The maximum Gasteiger partial charge on any atom is 0.339 e. The average Bonchev–Trinajstić information content (AvgIpc) is 2.42. The Labute approximate surface area is 117 Å². The van der Waals surface area contributed by atoms with E-state index in [4.69, 9.17) is 14.6 Å². The molecule has 110 valence electrons. The van der Waals surface area contributed by atoms with Crippen molar-refractivity contribution in [2.24, 2.45) is 0 Å². The van der Waals surface area contributed by atoms with Gasteiger partial charge < -0.3 is 19.9 Å². The van der Waals surface area contributed by atoms with Crippen LogP contribution in [0, 0.1) is 6.92 Å². The van der Waals surface area contributed by atoms with Crippen LogP contribution in [0.2, 0.25) is 0 Å². The summed E-state index contributed by atoms with van der Waals surface area (Å²) in [5, 5.41) is 11.7. The third kappa shape index (κ3) is 4.89. The fourth-order valence-electron chi connectivity index (χ4n) is 1.65. The first kappa shape index (κ1) is 16.0. The Balaban J connectivity index is 2.53. The van der Waals surface area contributed by atoms with Gasteiger partial charge in [-0.15, -0.1) is 0 Å². The second kappa shape index (κ2) is 8.16. The minimum Gasteiger partial charge on any atom is -0.483 e. The van der Waals surface area contributed by atoms with Crippen LogP contribution in [-0.4, -0.2) is 43.9 Å². The van der Waals surface area contributed by atoms with Gasteiger partial charge in [0.1, 0.15) is 11.3 Å². The Morgan fingerprint density at radius 1 is 1.35 bits per heavy atom. The van der Waals surface area contributed by atoms with E-state index in [2.05, 4.69) is 5.32 Å². The lowest BCUT2D eigenvalue weighted by Crippen LogP contribution is -2.30. The highest BCUT2D eigenvalue weighted by molar-refractivity contribution is 5.91. The highest BCUT2D eigenvalue weighted by Gasteiger charge is 2.14. The predicted molar refractivity (Wildman–Crippen MR) is 73.1 cm³/mol. The normalized spacial score (nSPS) is 10.1. The first-order chi connectivity index (χ1) is 9.56. The molecule has 2 N–H and O–H groups in total. The summed E-state index contributed by atoms with van der Waals surface area (Å²) in [6.45, 7) is 2.59. The van der Waals surface area contributed by atoms with Crippen LogP contribution < -0.4 is 10.1 Å². The number of benzene rings is 1. The summed E-state index contributed by atoms with van der Waals surface area (Å²) in [5.41, 5.74) is 0.731.